The third kappa shape index (κ3) is 1.62. The summed E-state index contributed by atoms with van der Waals surface area (Å²) in [4.78, 5) is 9.60. The number of alkyl halides is 3. The lowest BCUT2D eigenvalue weighted by molar-refractivity contribution is -0.174. The van der Waals surface area contributed by atoms with Gasteiger partial charge in [-0.25, -0.2) is 9.18 Å². The van der Waals surface area contributed by atoms with Gasteiger partial charge in [-0.05, 0) is 6.42 Å². The van der Waals surface area contributed by atoms with Crippen molar-refractivity contribution >= 4 is 5.97 Å². The average molecular weight is 155 g/mol. The normalized spacial score (nSPS) is 14.8. The second-order valence-electron chi connectivity index (χ2n) is 1.68. The summed E-state index contributed by atoms with van der Waals surface area (Å²) in [5.41, 5.74) is 0. The van der Waals surface area contributed by atoms with Crippen molar-refractivity contribution in [2.24, 2.45) is 0 Å². The summed E-state index contributed by atoms with van der Waals surface area (Å²) >= 11 is 0. The molecule has 0 saturated carbocycles. The van der Waals surface area contributed by atoms with E-state index in [4.69, 9.17) is 5.11 Å². The molecule has 0 rings (SSSR count). The number of carboxylic acid groups (broad SMARTS) is 1. The van der Waals surface area contributed by atoms with Gasteiger partial charge in [-0.15, -0.1) is 0 Å². The van der Waals surface area contributed by atoms with Crippen LogP contribution < -0.4 is 0 Å². The Labute approximate surface area is 55.7 Å². The molecule has 0 aliphatic heterocycles. The molecule has 5 heteroatoms. The van der Waals surface area contributed by atoms with Gasteiger partial charge in [-0.2, -0.15) is 8.78 Å². The van der Waals surface area contributed by atoms with Gasteiger partial charge in [0, 0.05) is 0 Å². The van der Waals surface area contributed by atoms with E-state index < -0.39 is 24.5 Å². The summed E-state index contributed by atoms with van der Waals surface area (Å²) < 4.78 is 35.8. The first-order valence-corrected chi connectivity index (χ1v) is 2.47. The molecule has 0 fully saturated rings. The molecule has 0 saturated heterocycles. The largest absolute Gasteiger partial charge is 0.477 e. The number of hydrogen-bond acceptors (Lipinski definition) is 1. The van der Waals surface area contributed by atoms with E-state index in [2.05, 4.69) is 6.92 Å². The summed E-state index contributed by atoms with van der Waals surface area (Å²) in [7, 11) is 0. The minimum absolute atomic E-state index is 0.751. The zero-order valence-electron chi connectivity index (χ0n) is 4.98. The zero-order valence-corrected chi connectivity index (χ0v) is 4.98. The molecule has 0 spiro atoms. The van der Waals surface area contributed by atoms with Crippen molar-refractivity contribution < 1.29 is 23.1 Å². The minimum Gasteiger partial charge on any atom is -0.477 e. The van der Waals surface area contributed by atoms with E-state index in [1.54, 1.807) is 0 Å². The molecule has 10 heavy (non-hydrogen) atoms. The monoisotopic (exact) mass is 155 g/mol. The molecule has 0 aromatic heterocycles. The maximum absolute atomic E-state index is 12.0. The van der Waals surface area contributed by atoms with Crippen molar-refractivity contribution in [2.75, 3.05) is 0 Å². The average Bonchev–Trinajstić information content (AvgIpc) is 1.86. The first-order valence-electron chi connectivity index (χ1n) is 2.47. The van der Waals surface area contributed by atoms with Crippen LogP contribution in [0.5, 0.6) is 0 Å². The van der Waals surface area contributed by atoms with Crippen LogP contribution in [0.25, 0.3) is 0 Å². The topological polar surface area (TPSA) is 37.3 Å². The second kappa shape index (κ2) is 2.90. The van der Waals surface area contributed by atoms with Crippen molar-refractivity contribution in [3.8, 4) is 0 Å². The first kappa shape index (κ1) is 9.26. The Balaban J connectivity index is 4.23. The summed E-state index contributed by atoms with van der Waals surface area (Å²) in [5.74, 6) is -6.76. The van der Waals surface area contributed by atoms with Gasteiger partial charge in [-0.3, -0.25) is 0 Å². The second-order valence-corrected chi connectivity index (χ2v) is 1.68. The first-order chi connectivity index (χ1) is 4.42. The van der Waals surface area contributed by atoms with E-state index in [1.165, 1.54) is 0 Å². The van der Waals surface area contributed by atoms with Gasteiger partial charge in [0.15, 0.2) is 6.17 Å². The van der Waals surface area contributed by atoms with Crippen molar-refractivity contribution in [3.63, 3.8) is 0 Å². The van der Waals surface area contributed by atoms with Gasteiger partial charge in [0.25, 0.3) is 0 Å². The summed E-state index contributed by atoms with van der Waals surface area (Å²) in [6.45, 7) is 2.82. The highest BCUT2D eigenvalue weighted by atomic mass is 19.3. The van der Waals surface area contributed by atoms with Crippen molar-refractivity contribution in [1.82, 2.24) is 0 Å². The standard InChI is InChI=1S/C5H6F3O2/c1-2-3(6)5(7,8)4(9)10/h3H,1-2H2,(H,9,10). The van der Waals surface area contributed by atoms with E-state index in [9.17, 15) is 18.0 Å². The number of carboxylic acids is 1. The van der Waals surface area contributed by atoms with Crippen LogP contribution in [-0.4, -0.2) is 23.2 Å². The molecule has 59 valence electrons. The fourth-order valence-electron chi connectivity index (χ4n) is 0.315. The van der Waals surface area contributed by atoms with E-state index >= 15 is 0 Å². The lowest BCUT2D eigenvalue weighted by atomic mass is 10.2. The Hall–Kier alpha value is -0.740. The minimum atomic E-state index is -4.30. The van der Waals surface area contributed by atoms with Crippen LogP contribution in [0.3, 0.4) is 0 Å². The molecule has 0 aromatic rings. The maximum atomic E-state index is 12.0. The fraction of sp³-hybridized carbons (Fsp3) is 0.600. The van der Waals surface area contributed by atoms with Crippen LogP contribution in [0.4, 0.5) is 13.2 Å². The number of hydrogen-bond donors (Lipinski definition) is 1. The molecule has 0 bridgehead atoms. The highest BCUT2D eigenvalue weighted by Crippen LogP contribution is 2.23. The molecule has 0 aliphatic rings. The molecule has 0 amide bonds. The zero-order chi connectivity index (χ0) is 8.36. The van der Waals surface area contributed by atoms with Gasteiger partial charge < -0.3 is 5.11 Å². The molecule has 1 N–H and O–H groups in total. The number of halogens is 3. The van der Waals surface area contributed by atoms with Gasteiger partial charge in [0.05, 0.1) is 0 Å². The molecule has 1 atom stereocenters. The predicted molar refractivity (Wildman–Crippen MR) is 27.5 cm³/mol. The van der Waals surface area contributed by atoms with Crippen LogP contribution in [-0.2, 0) is 4.79 Å². The van der Waals surface area contributed by atoms with Crippen molar-refractivity contribution in [3.05, 3.63) is 6.92 Å². The van der Waals surface area contributed by atoms with Crippen LogP contribution in [0.15, 0.2) is 0 Å². The predicted octanol–water partition coefficient (Wildman–Crippen LogP) is 1.27. The molecule has 0 heterocycles. The molecule has 2 nitrogen and oxygen atoms in total. The Morgan fingerprint density at radius 3 is 2.20 bits per heavy atom. The third-order valence-corrected chi connectivity index (χ3v) is 0.932. The lowest BCUT2D eigenvalue weighted by Gasteiger charge is -2.13. The fourth-order valence-corrected chi connectivity index (χ4v) is 0.315. The number of aliphatic carboxylic acids is 1. The molecule has 0 aromatic carbocycles. The van der Waals surface area contributed by atoms with Crippen LogP contribution in [0.2, 0.25) is 0 Å². The maximum Gasteiger partial charge on any atom is 0.377 e. The summed E-state index contributed by atoms with van der Waals surface area (Å²) in [6.07, 6.45) is -3.45. The Morgan fingerprint density at radius 2 is 2.10 bits per heavy atom. The molecule has 0 aliphatic carbocycles. The van der Waals surface area contributed by atoms with Crippen LogP contribution in [0.1, 0.15) is 6.42 Å². The van der Waals surface area contributed by atoms with Gasteiger partial charge in [-0.1, -0.05) is 6.92 Å². The van der Waals surface area contributed by atoms with E-state index in [-0.39, 0.29) is 0 Å². The van der Waals surface area contributed by atoms with Crippen molar-refractivity contribution in [1.29, 1.82) is 0 Å². The Morgan fingerprint density at radius 1 is 1.70 bits per heavy atom. The van der Waals surface area contributed by atoms with Crippen LogP contribution >= 0.6 is 0 Å². The number of carbonyl (C=O) groups is 1. The molecular formula is C5H6F3O2. The third-order valence-electron chi connectivity index (χ3n) is 0.932. The summed E-state index contributed by atoms with van der Waals surface area (Å²) in [6, 6.07) is 0. The quantitative estimate of drug-likeness (QED) is 0.666. The lowest BCUT2D eigenvalue weighted by Crippen LogP contribution is -2.38. The van der Waals surface area contributed by atoms with E-state index in [0.717, 1.165) is 0 Å². The Kier molecular flexibility index (Phi) is 2.68. The highest BCUT2D eigenvalue weighted by molar-refractivity contribution is 5.76. The Bertz CT molecular complexity index is 135. The van der Waals surface area contributed by atoms with Gasteiger partial charge >= 0.3 is 11.9 Å². The molecular weight excluding hydrogens is 149 g/mol. The van der Waals surface area contributed by atoms with Crippen molar-refractivity contribution in [2.45, 2.75) is 18.5 Å². The van der Waals surface area contributed by atoms with E-state index in [0.29, 0.717) is 0 Å². The molecule has 1 radical (unpaired) electrons. The van der Waals surface area contributed by atoms with Gasteiger partial charge in [0.1, 0.15) is 0 Å². The smallest absolute Gasteiger partial charge is 0.377 e. The molecule has 1 unspecified atom stereocenters. The highest BCUT2D eigenvalue weighted by Gasteiger charge is 2.47. The van der Waals surface area contributed by atoms with E-state index in [1.807, 2.05) is 0 Å². The number of rotatable bonds is 3. The van der Waals surface area contributed by atoms with Gasteiger partial charge in [0.2, 0.25) is 0 Å². The SMILES string of the molecule is [CH2]CC(F)C(F)(F)C(=O)O. The van der Waals surface area contributed by atoms with Crippen LogP contribution in [0, 0.1) is 6.92 Å². The summed E-state index contributed by atoms with van der Waals surface area (Å²) in [5, 5.41) is 7.72.